The van der Waals surface area contributed by atoms with E-state index in [4.69, 9.17) is 9.72 Å². The molecule has 3 aliphatic heterocycles. The summed E-state index contributed by atoms with van der Waals surface area (Å²) in [6.45, 7) is 0.723. The van der Waals surface area contributed by atoms with Crippen molar-refractivity contribution in [3.05, 3.63) is 42.4 Å². The van der Waals surface area contributed by atoms with Crippen molar-refractivity contribution < 1.29 is 19.7 Å². The fourth-order valence-corrected chi connectivity index (χ4v) is 4.66. The zero-order chi connectivity index (χ0) is 23.4. The highest BCUT2D eigenvalue weighted by atomic mass is 16.5. The number of carbonyl (C=O) groups is 1. The lowest BCUT2D eigenvalue weighted by molar-refractivity contribution is 0.0448. The number of fused-ring (bicyclic) bond motifs is 2. The molecule has 1 saturated heterocycles. The van der Waals surface area contributed by atoms with Crippen LogP contribution in [0.5, 0.6) is 0 Å². The molecule has 1 saturated carbocycles. The van der Waals surface area contributed by atoms with Crippen molar-refractivity contribution in [2.45, 2.75) is 37.1 Å². The number of hydrogen-bond donors (Lipinski definition) is 4. The third kappa shape index (κ3) is 3.23. The molecule has 6 rings (SSSR count). The average molecular weight is 463 g/mol. The molecule has 34 heavy (non-hydrogen) atoms. The summed E-state index contributed by atoms with van der Waals surface area (Å²) in [4.78, 5) is 22.3. The van der Waals surface area contributed by atoms with Gasteiger partial charge in [0.1, 0.15) is 23.3 Å². The van der Waals surface area contributed by atoms with E-state index in [2.05, 4.69) is 20.7 Å². The highest BCUT2D eigenvalue weighted by molar-refractivity contribution is 6.00. The van der Waals surface area contributed by atoms with Gasteiger partial charge in [0.2, 0.25) is 0 Å². The second-order valence-electron chi connectivity index (χ2n) is 8.79. The van der Waals surface area contributed by atoms with Crippen LogP contribution in [0, 0.1) is 0 Å². The maximum absolute atomic E-state index is 12.9. The van der Waals surface area contributed by atoms with Gasteiger partial charge in [-0.2, -0.15) is 9.61 Å². The van der Waals surface area contributed by atoms with Gasteiger partial charge in [-0.15, -0.1) is 0 Å². The molecule has 1 aliphatic carbocycles. The van der Waals surface area contributed by atoms with E-state index in [1.54, 1.807) is 17.8 Å². The van der Waals surface area contributed by atoms with Gasteiger partial charge in [-0.1, -0.05) is 0 Å². The summed E-state index contributed by atoms with van der Waals surface area (Å²) in [6, 6.07) is 5.28. The fourth-order valence-electron chi connectivity index (χ4n) is 4.66. The summed E-state index contributed by atoms with van der Waals surface area (Å²) < 4.78 is 8.96. The first-order chi connectivity index (χ1) is 16.5. The van der Waals surface area contributed by atoms with E-state index in [1.807, 2.05) is 29.0 Å². The predicted molar refractivity (Wildman–Crippen MR) is 123 cm³/mol. The molecule has 11 nitrogen and oxygen atoms in total. The van der Waals surface area contributed by atoms with Gasteiger partial charge in [0.05, 0.1) is 43.3 Å². The van der Waals surface area contributed by atoms with Crippen molar-refractivity contribution in [1.29, 1.82) is 0 Å². The van der Waals surface area contributed by atoms with Crippen LogP contribution in [0.3, 0.4) is 0 Å². The summed E-state index contributed by atoms with van der Waals surface area (Å²) >= 11 is 0. The van der Waals surface area contributed by atoms with Gasteiger partial charge in [0.25, 0.3) is 5.91 Å². The molecule has 5 heterocycles. The Labute approximate surface area is 194 Å². The Morgan fingerprint density at radius 3 is 2.76 bits per heavy atom. The summed E-state index contributed by atoms with van der Waals surface area (Å²) in [5.74, 6) is 1.08. The quantitative estimate of drug-likeness (QED) is 0.343. The molecule has 2 fully saturated rings. The monoisotopic (exact) mass is 463 g/mol. The number of carbonyl (C=O) groups excluding carboxylic acids is 1. The number of ether oxygens (including phenoxy) is 1. The predicted octanol–water partition coefficient (Wildman–Crippen LogP) is 0.925. The number of aliphatic hydroxyl groups excluding tert-OH is 2. The van der Waals surface area contributed by atoms with E-state index in [-0.39, 0.29) is 18.0 Å². The Bertz CT molecular complexity index is 1350. The zero-order valence-corrected chi connectivity index (χ0v) is 18.5. The first-order valence-electron chi connectivity index (χ1n) is 11.3. The van der Waals surface area contributed by atoms with Gasteiger partial charge in [-0.05, 0) is 25.0 Å². The largest absolute Gasteiger partial charge is 0.391 e. The molecule has 0 aromatic carbocycles. The minimum atomic E-state index is -0.594. The smallest absolute Gasteiger partial charge is 0.257 e. The van der Waals surface area contributed by atoms with Gasteiger partial charge in [0, 0.05) is 36.6 Å². The van der Waals surface area contributed by atoms with Crippen LogP contribution in [-0.4, -0.2) is 78.8 Å². The number of aromatic nitrogens is 5. The van der Waals surface area contributed by atoms with Gasteiger partial charge in [-0.3, -0.25) is 4.79 Å². The molecule has 0 radical (unpaired) electrons. The Morgan fingerprint density at radius 2 is 2.06 bits per heavy atom. The van der Waals surface area contributed by atoms with Crippen molar-refractivity contribution in [3.8, 4) is 22.6 Å². The molecule has 176 valence electrons. The van der Waals surface area contributed by atoms with Crippen LogP contribution in [0.1, 0.15) is 29.2 Å². The van der Waals surface area contributed by atoms with Crippen LogP contribution in [0.15, 0.2) is 36.8 Å². The first kappa shape index (κ1) is 21.0. The normalized spacial score (nSPS) is 24.4. The second-order valence-corrected chi connectivity index (χ2v) is 8.79. The lowest BCUT2D eigenvalue weighted by Crippen LogP contribution is -2.50. The van der Waals surface area contributed by atoms with Crippen molar-refractivity contribution in [2.75, 3.05) is 25.6 Å². The third-order valence-electron chi connectivity index (χ3n) is 6.78. The Balaban J connectivity index is 1.41. The minimum Gasteiger partial charge on any atom is -0.391 e. The third-order valence-corrected chi connectivity index (χ3v) is 6.78. The van der Waals surface area contributed by atoms with E-state index >= 15 is 0 Å². The van der Waals surface area contributed by atoms with Crippen molar-refractivity contribution >= 4 is 17.4 Å². The molecule has 4 aliphatic rings. The highest BCUT2D eigenvalue weighted by Gasteiger charge is 2.32. The van der Waals surface area contributed by atoms with E-state index < -0.39 is 12.2 Å². The molecule has 11 heteroatoms. The maximum atomic E-state index is 12.9. The van der Waals surface area contributed by atoms with Crippen LogP contribution in [0.2, 0.25) is 0 Å². The SMILES string of the molecule is CNc1cc(-c2cnc3n([C@@H]4COC[C@H]4O)cccc2-3)nc2c(C(=O)NC3CC[C@H]3O)cnn12. The lowest BCUT2D eigenvalue weighted by atomic mass is 9.89. The number of nitrogens with zero attached hydrogens (tertiary/aromatic N) is 5. The molecule has 4 atom stereocenters. The van der Waals surface area contributed by atoms with Gasteiger partial charge >= 0.3 is 0 Å². The summed E-state index contributed by atoms with van der Waals surface area (Å²) in [5, 5.41) is 30.5. The highest BCUT2D eigenvalue weighted by Crippen LogP contribution is 2.36. The van der Waals surface area contributed by atoms with Crippen LogP contribution >= 0.6 is 0 Å². The van der Waals surface area contributed by atoms with Crippen molar-refractivity contribution in [1.82, 2.24) is 29.5 Å². The molecule has 2 aromatic heterocycles. The van der Waals surface area contributed by atoms with E-state index in [0.717, 1.165) is 23.4 Å². The Kier molecular flexibility index (Phi) is 4.97. The molecule has 0 bridgehead atoms. The van der Waals surface area contributed by atoms with Gasteiger partial charge < -0.3 is 30.2 Å². The molecular formula is C23H25N7O4. The summed E-state index contributed by atoms with van der Waals surface area (Å²) in [6.07, 6.45) is 5.46. The number of pyridine rings is 1. The zero-order valence-electron chi connectivity index (χ0n) is 18.5. The molecular weight excluding hydrogens is 438 g/mol. The lowest BCUT2D eigenvalue weighted by Gasteiger charge is -2.32. The average Bonchev–Trinajstić information content (AvgIpc) is 3.58. The number of rotatable bonds is 5. The summed E-state index contributed by atoms with van der Waals surface area (Å²) in [7, 11) is 1.78. The van der Waals surface area contributed by atoms with Crippen LogP contribution in [-0.2, 0) is 4.74 Å². The fraction of sp³-hybridized carbons (Fsp3) is 0.391. The number of anilines is 1. The molecule has 0 spiro atoms. The molecule has 4 N–H and O–H groups in total. The van der Waals surface area contributed by atoms with Gasteiger partial charge in [-0.25, -0.2) is 9.97 Å². The summed E-state index contributed by atoms with van der Waals surface area (Å²) in [5.41, 5.74) is 3.06. The van der Waals surface area contributed by atoms with Crippen molar-refractivity contribution in [3.63, 3.8) is 0 Å². The molecule has 1 unspecified atom stereocenters. The minimum absolute atomic E-state index is 0.207. The first-order valence-corrected chi connectivity index (χ1v) is 11.3. The standard InChI is InChI=1S/C23H25N7O4/c1-24-20-7-16(27-22-14(9-26-30(20)22)23(33)28-15-4-5-18(15)31)13-8-25-21-12(13)3-2-6-29(21)17-10-34-11-19(17)32/h2-3,6-9,15,17-19,24,31-32H,4-5,10-11H2,1H3,(H,28,33)/t15?,17-,18-,19-/m1/s1. The maximum Gasteiger partial charge on any atom is 0.257 e. The molecule has 1 amide bonds. The second kappa shape index (κ2) is 8.05. The number of amides is 1. The van der Waals surface area contributed by atoms with E-state index in [1.165, 1.54) is 6.20 Å². The number of hydrogen-bond acceptors (Lipinski definition) is 8. The molecule has 2 aromatic rings. The van der Waals surface area contributed by atoms with Crippen molar-refractivity contribution in [2.24, 2.45) is 0 Å². The van der Waals surface area contributed by atoms with Crippen LogP contribution in [0.4, 0.5) is 5.82 Å². The van der Waals surface area contributed by atoms with Gasteiger partial charge in [0.15, 0.2) is 5.65 Å². The van der Waals surface area contributed by atoms with E-state index in [0.29, 0.717) is 42.4 Å². The van der Waals surface area contributed by atoms with Crippen LogP contribution < -0.4 is 10.6 Å². The Morgan fingerprint density at radius 1 is 1.18 bits per heavy atom. The Hall–Kier alpha value is -3.54. The van der Waals surface area contributed by atoms with Crippen LogP contribution in [0.25, 0.3) is 28.3 Å². The topological polar surface area (TPSA) is 139 Å². The van der Waals surface area contributed by atoms with E-state index in [9.17, 15) is 15.0 Å². The number of aliphatic hydroxyl groups is 2. The number of nitrogens with one attached hydrogen (secondary N) is 2.